The third-order valence-corrected chi connectivity index (χ3v) is 7.56. The van der Waals surface area contributed by atoms with E-state index in [4.69, 9.17) is 10.2 Å². The summed E-state index contributed by atoms with van der Waals surface area (Å²) >= 11 is 1.66. The topological polar surface area (TPSA) is 81.0 Å². The Morgan fingerprint density at radius 2 is 2.06 bits per heavy atom. The quantitative estimate of drug-likeness (QED) is 0.561. The summed E-state index contributed by atoms with van der Waals surface area (Å²) in [6.45, 7) is 8.07. The van der Waals surface area contributed by atoms with Crippen molar-refractivity contribution in [1.29, 1.82) is 5.26 Å². The Hall–Kier alpha value is -2.95. The third-order valence-electron chi connectivity index (χ3n) is 6.66. The molecule has 2 heterocycles. The summed E-state index contributed by atoms with van der Waals surface area (Å²) in [4.78, 5) is 21.0. The number of allylic oxidation sites excluding steroid dienone is 4. The lowest BCUT2D eigenvalue weighted by atomic mass is 9.64. The number of rotatable bonds is 8. The van der Waals surface area contributed by atoms with Gasteiger partial charge in [0.05, 0.1) is 17.7 Å². The molecule has 1 saturated heterocycles. The summed E-state index contributed by atoms with van der Waals surface area (Å²) in [5.74, 6) is -0.0890. The number of amides is 1. The van der Waals surface area contributed by atoms with Crippen LogP contribution in [0.15, 0.2) is 53.9 Å². The van der Waals surface area contributed by atoms with Crippen molar-refractivity contribution >= 4 is 27.9 Å². The van der Waals surface area contributed by atoms with Crippen molar-refractivity contribution in [2.75, 3.05) is 37.6 Å². The number of anilines is 1. The zero-order valence-electron chi connectivity index (χ0n) is 20.0. The van der Waals surface area contributed by atoms with Crippen LogP contribution in [0.2, 0.25) is 0 Å². The maximum Gasteiger partial charge on any atom is 0.225 e. The molecule has 1 aromatic carbocycles. The summed E-state index contributed by atoms with van der Waals surface area (Å²) in [5.41, 5.74) is 2.73. The highest BCUT2D eigenvalue weighted by Crippen LogP contribution is 2.47. The molecule has 178 valence electrons. The van der Waals surface area contributed by atoms with Crippen LogP contribution < -0.4 is 15.5 Å². The minimum Gasteiger partial charge on any atom is -0.346 e. The van der Waals surface area contributed by atoms with Gasteiger partial charge in [-0.3, -0.25) is 4.79 Å². The molecular formula is C27H33N5OS. The van der Waals surface area contributed by atoms with E-state index in [0.717, 1.165) is 42.6 Å². The molecule has 1 aliphatic heterocycles. The van der Waals surface area contributed by atoms with Gasteiger partial charge in [0.15, 0.2) is 5.13 Å². The van der Waals surface area contributed by atoms with E-state index in [0.29, 0.717) is 18.8 Å². The SMILES string of the molecule is CC(C)CC(C(=O)NCC#N)C1(c2csc(N3CCNCC3)n2)C=CC=C(c2ccccc2)C1. The average Bonchev–Trinajstić information content (AvgIpc) is 3.38. The number of thiazole rings is 1. The molecule has 1 amide bonds. The number of benzene rings is 1. The number of carbonyl (C=O) groups is 1. The number of hydrogen-bond donors (Lipinski definition) is 2. The first-order valence-electron chi connectivity index (χ1n) is 12.0. The first kappa shape index (κ1) is 24.2. The van der Waals surface area contributed by atoms with Gasteiger partial charge in [0.1, 0.15) is 6.54 Å². The second kappa shape index (κ2) is 11.0. The summed E-state index contributed by atoms with van der Waals surface area (Å²) < 4.78 is 0. The lowest BCUT2D eigenvalue weighted by Gasteiger charge is -2.40. The van der Waals surface area contributed by atoms with Gasteiger partial charge < -0.3 is 15.5 Å². The summed E-state index contributed by atoms with van der Waals surface area (Å²) in [6.07, 6.45) is 7.81. The Kier molecular flexibility index (Phi) is 7.81. The van der Waals surface area contributed by atoms with E-state index in [9.17, 15) is 4.79 Å². The number of nitrogens with one attached hydrogen (secondary N) is 2. The molecule has 2 aromatic rings. The van der Waals surface area contributed by atoms with Gasteiger partial charge >= 0.3 is 0 Å². The number of nitriles is 1. The molecular weight excluding hydrogens is 442 g/mol. The Morgan fingerprint density at radius 3 is 2.76 bits per heavy atom. The summed E-state index contributed by atoms with van der Waals surface area (Å²) in [6, 6.07) is 12.4. The zero-order valence-corrected chi connectivity index (χ0v) is 20.8. The first-order valence-corrected chi connectivity index (χ1v) is 12.9. The molecule has 2 N–H and O–H groups in total. The van der Waals surface area contributed by atoms with Crippen molar-refractivity contribution in [2.45, 2.75) is 32.1 Å². The average molecular weight is 476 g/mol. The van der Waals surface area contributed by atoms with Gasteiger partial charge in [0, 0.05) is 37.0 Å². The van der Waals surface area contributed by atoms with Gasteiger partial charge in [0.2, 0.25) is 5.91 Å². The van der Waals surface area contributed by atoms with E-state index in [1.807, 2.05) is 18.2 Å². The van der Waals surface area contributed by atoms with Crippen molar-refractivity contribution < 1.29 is 4.79 Å². The van der Waals surface area contributed by atoms with E-state index >= 15 is 0 Å². The molecule has 1 aliphatic carbocycles. The largest absolute Gasteiger partial charge is 0.346 e. The lowest BCUT2D eigenvalue weighted by Crippen LogP contribution is -2.46. The molecule has 2 atom stereocenters. The molecule has 7 heteroatoms. The predicted molar refractivity (Wildman–Crippen MR) is 139 cm³/mol. The monoisotopic (exact) mass is 475 g/mol. The predicted octanol–water partition coefficient (Wildman–Crippen LogP) is 4.14. The standard InChI is InChI=1S/C27H33N5OS/c1-20(2)17-23(25(33)30-12-11-28)27(10-6-9-22(18-27)21-7-4-3-5-8-21)24-19-34-26(31-24)32-15-13-29-14-16-32/h3-10,19-20,23,29H,12-18H2,1-2H3,(H,30,33). The Labute approximate surface area is 206 Å². The summed E-state index contributed by atoms with van der Waals surface area (Å²) in [5, 5.41) is 18.5. The minimum atomic E-state index is -0.577. The molecule has 1 fully saturated rings. The molecule has 6 nitrogen and oxygen atoms in total. The van der Waals surface area contributed by atoms with E-state index in [1.165, 1.54) is 5.57 Å². The van der Waals surface area contributed by atoms with Crippen LogP contribution in [0, 0.1) is 23.2 Å². The van der Waals surface area contributed by atoms with Gasteiger partial charge in [-0.2, -0.15) is 5.26 Å². The zero-order chi connectivity index (χ0) is 24.0. The van der Waals surface area contributed by atoms with Gasteiger partial charge in [0.25, 0.3) is 0 Å². The van der Waals surface area contributed by atoms with Gasteiger partial charge in [-0.1, -0.05) is 62.4 Å². The Bertz CT molecular complexity index is 1080. The van der Waals surface area contributed by atoms with Crippen LogP contribution in [0.3, 0.4) is 0 Å². The highest BCUT2D eigenvalue weighted by Gasteiger charge is 2.46. The van der Waals surface area contributed by atoms with Gasteiger partial charge in [-0.05, 0) is 29.9 Å². The van der Waals surface area contributed by atoms with Crippen molar-refractivity contribution in [3.63, 3.8) is 0 Å². The molecule has 0 spiro atoms. The molecule has 2 unspecified atom stereocenters. The van der Waals surface area contributed by atoms with Crippen LogP contribution in [0.5, 0.6) is 0 Å². The van der Waals surface area contributed by atoms with Crippen molar-refractivity contribution in [3.8, 4) is 6.07 Å². The third kappa shape index (κ3) is 5.24. The van der Waals surface area contributed by atoms with Crippen molar-refractivity contribution in [3.05, 3.63) is 65.2 Å². The fourth-order valence-corrected chi connectivity index (χ4v) is 5.94. The highest BCUT2D eigenvalue weighted by molar-refractivity contribution is 7.13. The molecule has 2 aliphatic rings. The Morgan fingerprint density at radius 1 is 1.29 bits per heavy atom. The van der Waals surface area contributed by atoms with Crippen LogP contribution in [-0.2, 0) is 10.2 Å². The van der Waals surface area contributed by atoms with Gasteiger partial charge in [-0.25, -0.2) is 4.98 Å². The molecule has 34 heavy (non-hydrogen) atoms. The highest BCUT2D eigenvalue weighted by atomic mass is 32.1. The fraction of sp³-hybridized carbons (Fsp3) is 0.444. The van der Waals surface area contributed by atoms with Crippen molar-refractivity contribution in [2.24, 2.45) is 11.8 Å². The van der Waals surface area contributed by atoms with Crippen LogP contribution >= 0.6 is 11.3 Å². The molecule has 0 saturated carbocycles. The van der Waals surface area contributed by atoms with Gasteiger partial charge in [-0.15, -0.1) is 11.3 Å². The lowest BCUT2D eigenvalue weighted by molar-refractivity contribution is -0.127. The van der Waals surface area contributed by atoms with Crippen LogP contribution in [0.4, 0.5) is 5.13 Å². The fourth-order valence-electron chi connectivity index (χ4n) is 4.97. The van der Waals surface area contributed by atoms with E-state index in [-0.39, 0.29) is 18.4 Å². The van der Waals surface area contributed by atoms with Crippen LogP contribution in [-0.4, -0.2) is 43.6 Å². The normalized spacial score (nSPS) is 21.1. The van der Waals surface area contributed by atoms with Crippen LogP contribution in [0.1, 0.15) is 37.9 Å². The number of nitrogens with zero attached hydrogens (tertiary/aromatic N) is 3. The van der Waals surface area contributed by atoms with E-state index in [1.54, 1.807) is 11.3 Å². The number of aromatic nitrogens is 1. The maximum atomic E-state index is 13.5. The molecule has 4 rings (SSSR count). The second-order valence-electron chi connectivity index (χ2n) is 9.44. The minimum absolute atomic E-state index is 0.0116. The summed E-state index contributed by atoms with van der Waals surface area (Å²) in [7, 11) is 0. The Balaban J connectivity index is 1.77. The maximum absolute atomic E-state index is 13.5. The molecule has 1 aromatic heterocycles. The molecule has 0 bridgehead atoms. The van der Waals surface area contributed by atoms with E-state index in [2.05, 4.69) is 71.2 Å². The number of hydrogen-bond acceptors (Lipinski definition) is 6. The van der Waals surface area contributed by atoms with Crippen molar-refractivity contribution in [1.82, 2.24) is 15.6 Å². The second-order valence-corrected chi connectivity index (χ2v) is 10.3. The first-order chi connectivity index (χ1) is 16.5. The number of carbonyl (C=O) groups excluding carboxylic acids is 1. The van der Waals surface area contributed by atoms with Crippen LogP contribution in [0.25, 0.3) is 5.57 Å². The van der Waals surface area contributed by atoms with E-state index < -0.39 is 5.41 Å². The smallest absolute Gasteiger partial charge is 0.225 e. The molecule has 0 radical (unpaired) electrons. The number of piperazine rings is 1.